The maximum absolute atomic E-state index is 12.6. The van der Waals surface area contributed by atoms with Gasteiger partial charge < -0.3 is 9.64 Å². The molecule has 1 aromatic heterocycles. The monoisotopic (exact) mass is 366 g/mol. The molecular formula is C21H26N4O2. The Hall–Kier alpha value is -2.68. The van der Waals surface area contributed by atoms with Crippen LogP contribution in [0.25, 0.3) is 11.0 Å². The van der Waals surface area contributed by atoms with Crippen LogP contribution in [0.1, 0.15) is 45.2 Å². The summed E-state index contributed by atoms with van der Waals surface area (Å²) in [5.41, 5.74) is 1.85. The highest BCUT2D eigenvalue weighted by molar-refractivity contribution is 5.85. The molecule has 27 heavy (non-hydrogen) atoms. The first-order valence-electron chi connectivity index (χ1n) is 9.57. The fourth-order valence-electron chi connectivity index (χ4n) is 3.21. The van der Waals surface area contributed by atoms with Gasteiger partial charge in [0.15, 0.2) is 11.7 Å². The Labute approximate surface area is 160 Å². The van der Waals surface area contributed by atoms with Gasteiger partial charge in [0.1, 0.15) is 5.69 Å². The van der Waals surface area contributed by atoms with Gasteiger partial charge in [0.05, 0.1) is 23.7 Å². The number of esters is 1. The van der Waals surface area contributed by atoms with E-state index in [9.17, 15) is 10.1 Å². The third-order valence-electron chi connectivity index (χ3n) is 4.86. The first-order chi connectivity index (χ1) is 13.0. The zero-order chi connectivity index (χ0) is 19.4. The summed E-state index contributed by atoms with van der Waals surface area (Å²) < 4.78 is 5.33. The number of hydrogen-bond donors (Lipinski definition) is 0. The van der Waals surface area contributed by atoms with E-state index in [1.54, 1.807) is 0 Å². The number of carbonyl (C=O) groups is 1. The molecule has 6 nitrogen and oxygen atoms in total. The van der Waals surface area contributed by atoms with Crippen LogP contribution in [0.4, 0.5) is 5.82 Å². The van der Waals surface area contributed by atoms with Gasteiger partial charge in [-0.3, -0.25) is 4.79 Å². The minimum atomic E-state index is -1.07. The van der Waals surface area contributed by atoms with Gasteiger partial charge in [0.25, 0.3) is 0 Å². The van der Waals surface area contributed by atoms with E-state index in [1.807, 2.05) is 38.1 Å². The molecule has 1 atom stereocenters. The number of aromatic nitrogens is 2. The van der Waals surface area contributed by atoms with Crippen LogP contribution in [0.3, 0.4) is 0 Å². The van der Waals surface area contributed by atoms with Crippen molar-refractivity contribution in [1.82, 2.24) is 9.97 Å². The molecule has 0 N–H and O–H groups in total. The zero-order valence-corrected chi connectivity index (χ0v) is 16.2. The van der Waals surface area contributed by atoms with Crippen LogP contribution in [0.15, 0.2) is 24.3 Å². The first kappa shape index (κ1) is 19.1. The van der Waals surface area contributed by atoms with Gasteiger partial charge in [0, 0.05) is 13.1 Å². The molecule has 0 saturated carbocycles. The van der Waals surface area contributed by atoms with Crippen molar-refractivity contribution in [3.8, 4) is 6.07 Å². The number of rotatable bonds is 5. The molecule has 6 heteroatoms. The molecule has 142 valence electrons. The second-order valence-corrected chi connectivity index (χ2v) is 7.68. The number of para-hydroxylation sites is 2. The van der Waals surface area contributed by atoms with Crippen molar-refractivity contribution in [2.24, 2.45) is 11.8 Å². The highest BCUT2D eigenvalue weighted by Crippen LogP contribution is 2.30. The summed E-state index contributed by atoms with van der Waals surface area (Å²) >= 11 is 0. The summed E-state index contributed by atoms with van der Waals surface area (Å²) in [4.78, 5) is 24.2. The normalized spacial score (nSPS) is 16.3. The lowest BCUT2D eigenvalue weighted by Gasteiger charge is -2.32. The number of nitrogens with zero attached hydrogens (tertiary/aromatic N) is 4. The van der Waals surface area contributed by atoms with E-state index in [0.717, 1.165) is 31.4 Å². The van der Waals surface area contributed by atoms with E-state index in [4.69, 9.17) is 9.72 Å². The lowest BCUT2D eigenvalue weighted by Crippen LogP contribution is -2.35. The van der Waals surface area contributed by atoms with Crippen molar-refractivity contribution < 1.29 is 9.53 Å². The Morgan fingerprint density at radius 3 is 2.48 bits per heavy atom. The third kappa shape index (κ3) is 4.36. The van der Waals surface area contributed by atoms with Crippen molar-refractivity contribution in [2.45, 2.75) is 39.5 Å². The second kappa shape index (κ2) is 8.34. The standard InChI is InChI=1S/C21H26N4O2/c1-14(2)13-27-21(26)16(12-22)19-20(25-10-8-15(3)9-11-25)24-18-7-5-4-6-17(18)23-19/h4-7,14-16H,8-11,13H2,1-3H3. The van der Waals surface area contributed by atoms with E-state index in [1.165, 1.54) is 0 Å². The first-order valence-corrected chi connectivity index (χ1v) is 9.57. The number of ether oxygens (including phenoxy) is 1. The Morgan fingerprint density at radius 2 is 1.89 bits per heavy atom. The molecule has 3 rings (SSSR count). The van der Waals surface area contributed by atoms with Crippen LogP contribution < -0.4 is 4.90 Å². The Morgan fingerprint density at radius 1 is 1.26 bits per heavy atom. The van der Waals surface area contributed by atoms with Gasteiger partial charge in [-0.15, -0.1) is 0 Å². The number of anilines is 1. The van der Waals surface area contributed by atoms with Crippen LogP contribution in [-0.4, -0.2) is 35.6 Å². The number of benzene rings is 1. The van der Waals surface area contributed by atoms with Crippen LogP contribution in [0, 0.1) is 23.2 Å². The van der Waals surface area contributed by atoms with Crippen molar-refractivity contribution in [2.75, 3.05) is 24.6 Å². The topological polar surface area (TPSA) is 79.1 Å². The van der Waals surface area contributed by atoms with E-state index in [2.05, 4.69) is 22.9 Å². The second-order valence-electron chi connectivity index (χ2n) is 7.68. The molecule has 1 fully saturated rings. The van der Waals surface area contributed by atoms with Gasteiger partial charge in [-0.05, 0) is 36.8 Å². The Kier molecular flexibility index (Phi) is 5.90. The van der Waals surface area contributed by atoms with Crippen molar-refractivity contribution >= 4 is 22.8 Å². The van der Waals surface area contributed by atoms with Gasteiger partial charge in [-0.2, -0.15) is 5.26 Å². The molecule has 0 spiro atoms. The summed E-state index contributed by atoms with van der Waals surface area (Å²) in [6.45, 7) is 8.15. The quantitative estimate of drug-likeness (QED) is 0.751. The number of carbonyl (C=O) groups excluding carboxylic acids is 1. The highest BCUT2D eigenvalue weighted by Gasteiger charge is 2.31. The summed E-state index contributed by atoms with van der Waals surface area (Å²) in [5, 5.41) is 9.71. The van der Waals surface area contributed by atoms with Gasteiger partial charge in [-0.1, -0.05) is 32.9 Å². The molecule has 0 amide bonds. The smallest absolute Gasteiger partial charge is 0.329 e. The fourth-order valence-corrected chi connectivity index (χ4v) is 3.21. The zero-order valence-electron chi connectivity index (χ0n) is 16.2. The molecule has 1 saturated heterocycles. The maximum atomic E-state index is 12.6. The number of fused-ring (bicyclic) bond motifs is 1. The third-order valence-corrected chi connectivity index (χ3v) is 4.86. The van der Waals surface area contributed by atoms with Crippen LogP contribution in [-0.2, 0) is 9.53 Å². The Bertz CT molecular complexity index is 851. The minimum absolute atomic E-state index is 0.207. The fraction of sp³-hybridized carbons (Fsp3) is 0.524. The molecule has 1 aromatic carbocycles. The SMILES string of the molecule is CC(C)COC(=O)C(C#N)c1nc2ccccc2nc1N1CCC(C)CC1. The van der Waals surface area contributed by atoms with Gasteiger partial charge in [0.2, 0.25) is 0 Å². The predicted molar refractivity (Wildman–Crippen MR) is 104 cm³/mol. The molecule has 1 aliphatic rings. The largest absolute Gasteiger partial charge is 0.464 e. The molecular weight excluding hydrogens is 340 g/mol. The molecule has 0 radical (unpaired) electrons. The summed E-state index contributed by atoms with van der Waals surface area (Å²) in [7, 11) is 0. The number of piperidine rings is 1. The highest BCUT2D eigenvalue weighted by atomic mass is 16.5. The van der Waals surface area contributed by atoms with E-state index >= 15 is 0 Å². The van der Waals surface area contributed by atoms with Crippen LogP contribution in [0.5, 0.6) is 0 Å². The number of nitriles is 1. The predicted octanol–water partition coefficient (Wildman–Crippen LogP) is 3.67. The average molecular weight is 366 g/mol. The van der Waals surface area contributed by atoms with Crippen LogP contribution in [0.2, 0.25) is 0 Å². The van der Waals surface area contributed by atoms with Gasteiger partial charge in [-0.25, -0.2) is 9.97 Å². The Balaban J connectivity index is 2.01. The minimum Gasteiger partial charge on any atom is -0.464 e. The summed E-state index contributed by atoms with van der Waals surface area (Å²) in [5.74, 6) is -0.119. The van der Waals surface area contributed by atoms with Crippen molar-refractivity contribution in [3.05, 3.63) is 30.0 Å². The lowest BCUT2D eigenvalue weighted by atomic mass is 9.98. The van der Waals surface area contributed by atoms with Crippen molar-refractivity contribution in [3.63, 3.8) is 0 Å². The molecule has 2 aromatic rings. The molecule has 1 unspecified atom stereocenters. The molecule has 0 bridgehead atoms. The summed E-state index contributed by atoms with van der Waals surface area (Å²) in [6, 6.07) is 9.63. The van der Waals surface area contributed by atoms with Gasteiger partial charge >= 0.3 is 5.97 Å². The molecule has 0 aliphatic carbocycles. The van der Waals surface area contributed by atoms with E-state index in [-0.39, 0.29) is 12.5 Å². The van der Waals surface area contributed by atoms with Crippen LogP contribution >= 0.6 is 0 Å². The van der Waals surface area contributed by atoms with E-state index < -0.39 is 11.9 Å². The average Bonchev–Trinajstić information content (AvgIpc) is 2.67. The summed E-state index contributed by atoms with van der Waals surface area (Å²) in [6.07, 6.45) is 2.12. The van der Waals surface area contributed by atoms with E-state index in [0.29, 0.717) is 22.9 Å². The molecule has 1 aliphatic heterocycles. The molecule has 2 heterocycles. The van der Waals surface area contributed by atoms with Crippen molar-refractivity contribution in [1.29, 1.82) is 5.26 Å². The number of hydrogen-bond acceptors (Lipinski definition) is 6. The maximum Gasteiger partial charge on any atom is 0.329 e. The lowest BCUT2D eigenvalue weighted by molar-refractivity contribution is -0.145.